The maximum atomic E-state index is 9.16. The molecule has 2 aliphatic heterocycles. The Morgan fingerprint density at radius 2 is 1.84 bits per heavy atom. The predicted molar refractivity (Wildman–Crippen MR) is 123 cm³/mol. The van der Waals surface area contributed by atoms with Crippen molar-refractivity contribution in [2.45, 2.75) is 51.1 Å². The summed E-state index contributed by atoms with van der Waals surface area (Å²) in [5.74, 6) is 1.14. The molecule has 5 nitrogen and oxygen atoms in total. The fraction of sp³-hybridized carbons (Fsp3) is 0.385. The number of fused-ring (bicyclic) bond motifs is 1. The van der Waals surface area contributed by atoms with Gasteiger partial charge in [-0.1, -0.05) is 36.8 Å². The smallest absolute Gasteiger partial charge is 0.133 e. The summed E-state index contributed by atoms with van der Waals surface area (Å²) < 4.78 is 2.08. The van der Waals surface area contributed by atoms with Gasteiger partial charge in [0, 0.05) is 18.7 Å². The molecule has 2 aliphatic rings. The van der Waals surface area contributed by atoms with Crippen LogP contribution in [0.5, 0.6) is 0 Å². The van der Waals surface area contributed by atoms with Gasteiger partial charge in [-0.05, 0) is 68.5 Å². The van der Waals surface area contributed by atoms with Crippen LogP contribution in [-0.4, -0.2) is 27.8 Å². The molecule has 5 rings (SSSR count). The molecule has 0 amide bonds. The molecule has 3 heterocycles. The van der Waals surface area contributed by atoms with E-state index in [4.69, 9.17) is 10.4 Å². The van der Waals surface area contributed by atoms with Crippen molar-refractivity contribution >= 4 is 5.82 Å². The highest BCUT2D eigenvalue weighted by Gasteiger charge is 2.31. The van der Waals surface area contributed by atoms with Crippen molar-refractivity contribution in [3.63, 3.8) is 0 Å². The lowest BCUT2D eigenvalue weighted by Gasteiger charge is -2.35. The lowest BCUT2D eigenvalue weighted by molar-refractivity contribution is 0.136. The summed E-state index contributed by atoms with van der Waals surface area (Å²) in [6.07, 6.45) is 7.10. The topological polar surface area (TPSA) is 56.9 Å². The van der Waals surface area contributed by atoms with Crippen LogP contribution >= 0.6 is 0 Å². The molecular formula is C26H29N5. The Morgan fingerprint density at radius 3 is 2.65 bits per heavy atom. The van der Waals surface area contributed by atoms with Gasteiger partial charge >= 0.3 is 0 Å². The molecule has 1 unspecified atom stereocenters. The molecule has 0 saturated carbocycles. The standard InChI is InChI=1S/C26H29N5/c27-18-20-12-14-22(15-13-20)31-26-23(10-4-6-16-28-26)25(29-31)24-11-5-7-17-30(24)19-21-8-2-1-3-9-21/h1-3,8-9,12-15,24,28H,4-7,10-11,16-17,19H2. The number of hydrogen-bond acceptors (Lipinski definition) is 4. The van der Waals surface area contributed by atoms with Crippen LogP contribution in [0.15, 0.2) is 54.6 Å². The van der Waals surface area contributed by atoms with Crippen LogP contribution in [0.1, 0.15) is 60.5 Å². The number of nitriles is 1. The van der Waals surface area contributed by atoms with E-state index in [-0.39, 0.29) is 0 Å². The molecular weight excluding hydrogens is 382 g/mol. The summed E-state index contributed by atoms with van der Waals surface area (Å²) in [5, 5.41) is 18.0. The van der Waals surface area contributed by atoms with E-state index in [9.17, 15) is 0 Å². The van der Waals surface area contributed by atoms with Crippen molar-refractivity contribution in [2.75, 3.05) is 18.4 Å². The lowest BCUT2D eigenvalue weighted by atomic mass is 9.94. The minimum atomic E-state index is 0.349. The number of nitrogens with zero attached hydrogens (tertiary/aromatic N) is 4. The van der Waals surface area contributed by atoms with Gasteiger partial charge in [0.2, 0.25) is 0 Å². The first-order valence-corrected chi connectivity index (χ1v) is 11.5. The van der Waals surface area contributed by atoms with E-state index in [1.165, 1.54) is 42.5 Å². The van der Waals surface area contributed by atoms with Gasteiger partial charge in [0.15, 0.2) is 0 Å². The highest BCUT2D eigenvalue weighted by molar-refractivity contribution is 5.55. The van der Waals surface area contributed by atoms with Gasteiger partial charge in [-0.15, -0.1) is 0 Å². The first-order chi connectivity index (χ1) is 15.3. The van der Waals surface area contributed by atoms with Gasteiger partial charge < -0.3 is 5.32 Å². The first kappa shape index (κ1) is 19.8. The SMILES string of the molecule is N#Cc1ccc(-n2nc(C3CCCCN3Cc3ccccc3)c3c2NCCCC3)cc1. The Bertz CT molecular complexity index is 1060. The molecule has 5 heteroatoms. The maximum Gasteiger partial charge on any atom is 0.133 e. The second-order valence-electron chi connectivity index (χ2n) is 8.63. The van der Waals surface area contributed by atoms with Gasteiger partial charge in [-0.25, -0.2) is 4.68 Å². The Kier molecular flexibility index (Phi) is 5.73. The van der Waals surface area contributed by atoms with Crippen molar-refractivity contribution in [2.24, 2.45) is 0 Å². The molecule has 0 radical (unpaired) electrons. The Labute approximate surface area is 184 Å². The minimum Gasteiger partial charge on any atom is -0.370 e. The molecule has 1 aromatic heterocycles. The van der Waals surface area contributed by atoms with Crippen LogP contribution < -0.4 is 5.32 Å². The Hall–Kier alpha value is -3.10. The van der Waals surface area contributed by atoms with Crippen molar-refractivity contribution in [1.29, 1.82) is 5.26 Å². The summed E-state index contributed by atoms with van der Waals surface area (Å²) in [7, 11) is 0. The molecule has 1 saturated heterocycles. The molecule has 31 heavy (non-hydrogen) atoms. The third kappa shape index (κ3) is 4.08. The number of aromatic nitrogens is 2. The normalized spacial score (nSPS) is 19.1. The van der Waals surface area contributed by atoms with Gasteiger partial charge in [-0.2, -0.15) is 10.4 Å². The molecule has 1 atom stereocenters. The Morgan fingerprint density at radius 1 is 1.00 bits per heavy atom. The first-order valence-electron chi connectivity index (χ1n) is 11.5. The van der Waals surface area contributed by atoms with Gasteiger partial charge in [0.05, 0.1) is 29.1 Å². The van der Waals surface area contributed by atoms with Crippen molar-refractivity contribution in [3.05, 3.63) is 77.0 Å². The van der Waals surface area contributed by atoms with E-state index in [1.807, 2.05) is 24.3 Å². The molecule has 1 N–H and O–H groups in total. The van der Waals surface area contributed by atoms with Crippen LogP contribution in [0.3, 0.4) is 0 Å². The molecule has 1 fully saturated rings. The number of nitrogens with one attached hydrogen (secondary N) is 1. The number of benzene rings is 2. The van der Waals surface area contributed by atoms with Crippen molar-refractivity contribution in [3.8, 4) is 11.8 Å². The predicted octanol–water partition coefficient (Wildman–Crippen LogP) is 5.22. The van der Waals surface area contributed by atoms with E-state index >= 15 is 0 Å². The number of likely N-dealkylation sites (tertiary alicyclic amines) is 1. The van der Waals surface area contributed by atoms with Crippen LogP contribution in [0.2, 0.25) is 0 Å². The van der Waals surface area contributed by atoms with E-state index in [2.05, 4.69) is 51.3 Å². The second-order valence-corrected chi connectivity index (χ2v) is 8.63. The summed E-state index contributed by atoms with van der Waals surface area (Å²) in [6, 6.07) is 21.1. The van der Waals surface area contributed by atoms with Crippen LogP contribution in [0.4, 0.5) is 5.82 Å². The summed E-state index contributed by atoms with van der Waals surface area (Å²) in [4.78, 5) is 2.62. The summed E-state index contributed by atoms with van der Waals surface area (Å²) in [6.45, 7) is 3.07. The summed E-state index contributed by atoms with van der Waals surface area (Å²) in [5.41, 5.74) is 5.68. The number of piperidine rings is 1. The quantitative estimate of drug-likeness (QED) is 0.639. The molecule has 0 aliphatic carbocycles. The van der Waals surface area contributed by atoms with E-state index in [0.29, 0.717) is 11.6 Å². The van der Waals surface area contributed by atoms with Gasteiger partial charge in [0.25, 0.3) is 0 Å². The molecule has 0 spiro atoms. The number of rotatable bonds is 4. The lowest BCUT2D eigenvalue weighted by Crippen LogP contribution is -2.33. The van der Waals surface area contributed by atoms with Crippen LogP contribution in [-0.2, 0) is 13.0 Å². The maximum absolute atomic E-state index is 9.16. The highest BCUT2D eigenvalue weighted by atomic mass is 15.4. The van der Waals surface area contributed by atoms with Crippen LogP contribution in [0, 0.1) is 11.3 Å². The second kappa shape index (κ2) is 8.95. The highest BCUT2D eigenvalue weighted by Crippen LogP contribution is 2.38. The van der Waals surface area contributed by atoms with Crippen molar-refractivity contribution in [1.82, 2.24) is 14.7 Å². The molecule has 2 aromatic carbocycles. The van der Waals surface area contributed by atoms with E-state index in [0.717, 1.165) is 44.0 Å². The number of hydrogen-bond donors (Lipinski definition) is 1. The zero-order valence-electron chi connectivity index (χ0n) is 17.9. The van der Waals surface area contributed by atoms with Gasteiger partial charge in [0.1, 0.15) is 5.82 Å². The average molecular weight is 412 g/mol. The molecule has 158 valence electrons. The minimum absolute atomic E-state index is 0.349. The van der Waals surface area contributed by atoms with E-state index in [1.54, 1.807) is 0 Å². The molecule has 3 aromatic rings. The zero-order chi connectivity index (χ0) is 21.0. The van der Waals surface area contributed by atoms with Crippen LogP contribution in [0.25, 0.3) is 5.69 Å². The zero-order valence-corrected chi connectivity index (χ0v) is 17.9. The van der Waals surface area contributed by atoms with Crippen molar-refractivity contribution < 1.29 is 0 Å². The van der Waals surface area contributed by atoms with E-state index < -0.39 is 0 Å². The Balaban J connectivity index is 1.54. The fourth-order valence-electron chi connectivity index (χ4n) is 4.97. The van der Waals surface area contributed by atoms with Gasteiger partial charge in [-0.3, -0.25) is 4.90 Å². The third-order valence-electron chi connectivity index (χ3n) is 6.56. The largest absolute Gasteiger partial charge is 0.370 e. The fourth-order valence-corrected chi connectivity index (χ4v) is 4.97. The number of anilines is 1. The summed E-state index contributed by atoms with van der Waals surface area (Å²) >= 11 is 0. The third-order valence-corrected chi connectivity index (χ3v) is 6.56. The average Bonchev–Trinajstić information content (AvgIpc) is 3.00. The molecule has 0 bridgehead atoms. The monoisotopic (exact) mass is 411 g/mol.